The smallest absolute Gasteiger partial charge is 0.315 e. The minimum Gasteiger partial charge on any atom is -0.346 e. The lowest BCUT2D eigenvalue weighted by Gasteiger charge is -2.37. The van der Waals surface area contributed by atoms with Crippen LogP contribution in [0.3, 0.4) is 0 Å². The zero-order valence-electron chi connectivity index (χ0n) is 29.0. The van der Waals surface area contributed by atoms with Gasteiger partial charge in [-0.1, -0.05) is 67.4 Å². The molecule has 0 aromatic rings. The van der Waals surface area contributed by atoms with Gasteiger partial charge in [-0.3, -0.25) is 19.2 Å². The molecule has 0 radical (unpaired) electrons. The standard InChI is InChI=1S/C32H56N6O7S/c1-11-15-33-29(41)26(39)23(17-21-12-13-21)34-28(40)25-22(19(2)3)14-16-38(25)30(42)27(32(6,7)8)36-31(43)35-24(20(4)5)18-37(9)46(10,44)45/h11,19-25,27H,1,12-18H2,2-10H3,(H,33,41)(H,34,40)(H2,35,36,43)/t22-,23?,24-,25+,27-/m1/s1. The number of hydrogen-bond donors (Lipinski definition) is 4. The number of Topliss-reactive ketones (excluding diaryl/α,β-unsaturated/α-hetero) is 1. The van der Waals surface area contributed by atoms with Crippen molar-refractivity contribution in [2.75, 3.05) is 32.9 Å². The van der Waals surface area contributed by atoms with E-state index in [2.05, 4.69) is 27.8 Å². The van der Waals surface area contributed by atoms with Gasteiger partial charge in [0.05, 0.1) is 12.3 Å². The van der Waals surface area contributed by atoms with E-state index in [0.717, 1.165) is 23.4 Å². The van der Waals surface area contributed by atoms with Crippen LogP contribution in [0.5, 0.6) is 0 Å². The molecule has 2 rings (SSSR count). The SMILES string of the molecule is C=CCNC(=O)C(=O)C(CC1CC1)NC(=O)[C@@H]1[C@@H](C(C)C)CCN1C(=O)[C@@H](NC(=O)N[C@H](CN(C)S(C)(=O)=O)C(C)C)C(C)(C)C. The molecule has 1 unspecified atom stereocenters. The number of rotatable bonds is 16. The average molecular weight is 669 g/mol. The zero-order chi connectivity index (χ0) is 35.1. The third kappa shape index (κ3) is 11.1. The van der Waals surface area contributed by atoms with E-state index >= 15 is 0 Å². The van der Waals surface area contributed by atoms with Gasteiger partial charge in [0.15, 0.2) is 0 Å². The monoisotopic (exact) mass is 668 g/mol. The number of hydrogen-bond acceptors (Lipinski definition) is 7. The largest absolute Gasteiger partial charge is 0.346 e. The number of nitrogens with one attached hydrogen (secondary N) is 4. The first-order valence-corrected chi connectivity index (χ1v) is 18.1. The van der Waals surface area contributed by atoms with Crippen molar-refractivity contribution in [2.45, 2.75) is 98.3 Å². The summed E-state index contributed by atoms with van der Waals surface area (Å²) < 4.78 is 25.1. The molecule has 46 heavy (non-hydrogen) atoms. The van der Waals surface area contributed by atoms with Crippen LogP contribution < -0.4 is 21.3 Å². The Labute approximate surface area is 275 Å². The molecule has 0 spiro atoms. The number of amides is 5. The van der Waals surface area contributed by atoms with Crippen molar-refractivity contribution in [3.63, 3.8) is 0 Å². The van der Waals surface area contributed by atoms with Gasteiger partial charge in [0.1, 0.15) is 12.1 Å². The number of likely N-dealkylation sites (tertiary alicyclic amines) is 1. The van der Waals surface area contributed by atoms with E-state index < -0.39 is 69.1 Å². The minimum atomic E-state index is -3.48. The van der Waals surface area contributed by atoms with Crippen LogP contribution in [0.25, 0.3) is 0 Å². The Morgan fingerprint density at radius 3 is 2.09 bits per heavy atom. The first-order valence-electron chi connectivity index (χ1n) is 16.2. The van der Waals surface area contributed by atoms with Crippen LogP contribution in [-0.4, -0.2) is 104 Å². The Morgan fingerprint density at radius 1 is 1.00 bits per heavy atom. The number of ketones is 1. The zero-order valence-corrected chi connectivity index (χ0v) is 29.8. The predicted octanol–water partition coefficient (Wildman–Crippen LogP) is 1.65. The van der Waals surface area contributed by atoms with Crippen molar-refractivity contribution in [1.82, 2.24) is 30.5 Å². The summed E-state index contributed by atoms with van der Waals surface area (Å²) in [4.78, 5) is 68.6. The Kier molecular flexibility index (Phi) is 13.8. The van der Waals surface area contributed by atoms with Crippen molar-refractivity contribution in [2.24, 2.45) is 29.1 Å². The van der Waals surface area contributed by atoms with Crippen LogP contribution in [0.15, 0.2) is 12.7 Å². The van der Waals surface area contributed by atoms with Gasteiger partial charge in [-0.15, -0.1) is 6.58 Å². The summed E-state index contributed by atoms with van der Waals surface area (Å²) in [5, 5.41) is 10.9. The van der Waals surface area contributed by atoms with E-state index in [0.29, 0.717) is 12.8 Å². The van der Waals surface area contributed by atoms with E-state index in [4.69, 9.17) is 0 Å². The maximum atomic E-state index is 14.2. The molecular formula is C32H56N6O7S. The van der Waals surface area contributed by atoms with Gasteiger partial charge in [0.2, 0.25) is 27.6 Å². The molecule has 2 aliphatic rings. The molecule has 1 heterocycles. The molecule has 262 valence electrons. The van der Waals surface area contributed by atoms with Crippen LogP contribution in [0.1, 0.15) is 74.1 Å². The number of sulfonamides is 1. The van der Waals surface area contributed by atoms with Crippen molar-refractivity contribution >= 4 is 39.6 Å². The topological polar surface area (TPSA) is 174 Å². The van der Waals surface area contributed by atoms with E-state index in [1.54, 1.807) is 0 Å². The van der Waals surface area contributed by atoms with Crippen LogP contribution >= 0.6 is 0 Å². The lowest BCUT2D eigenvalue weighted by Crippen LogP contribution is -2.62. The Morgan fingerprint density at radius 2 is 1.61 bits per heavy atom. The summed E-state index contributed by atoms with van der Waals surface area (Å²) in [5.41, 5.74) is -0.754. The molecule has 1 saturated heterocycles. The number of urea groups is 1. The third-order valence-electron chi connectivity index (χ3n) is 8.91. The van der Waals surface area contributed by atoms with E-state index in [1.807, 2.05) is 48.5 Å². The van der Waals surface area contributed by atoms with E-state index in [-0.39, 0.29) is 43.3 Å². The second-order valence-corrected chi connectivity index (χ2v) is 16.7. The molecule has 13 nitrogen and oxygen atoms in total. The summed E-state index contributed by atoms with van der Waals surface area (Å²) in [6.07, 6.45) is 5.29. The van der Waals surface area contributed by atoms with Crippen molar-refractivity contribution in [3.05, 3.63) is 12.7 Å². The molecule has 0 aromatic carbocycles. The molecule has 14 heteroatoms. The van der Waals surface area contributed by atoms with Gasteiger partial charge in [-0.05, 0) is 41.9 Å². The summed E-state index contributed by atoms with van der Waals surface area (Å²) >= 11 is 0. The molecule has 4 N–H and O–H groups in total. The van der Waals surface area contributed by atoms with Crippen molar-refractivity contribution in [3.8, 4) is 0 Å². The van der Waals surface area contributed by atoms with Crippen LogP contribution in [0.4, 0.5) is 4.79 Å². The lowest BCUT2D eigenvalue weighted by molar-refractivity contribution is -0.144. The maximum Gasteiger partial charge on any atom is 0.315 e. The Balaban J connectivity index is 2.31. The van der Waals surface area contributed by atoms with Crippen LogP contribution in [-0.2, 0) is 29.2 Å². The fraction of sp³-hybridized carbons (Fsp3) is 0.781. The van der Waals surface area contributed by atoms with Gasteiger partial charge in [-0.2, -0.15) is 0 Å². The highest BCUT2D eigenvalue weighted by atomic mass is 32.2. The third-order valence-corrected chi connectivity index (χ3v) is 10.2. The number of carbonyl (C=O) groups excluding carboxylic acids is 5. The van der Waals surface area contributed by atoms with Crippen molar-refractivity contribution in [1.29, 1.82) is 0 Å². The normalized spacial score (nSPS) is 20.7. The van der Waals surface area contributed by atoms with Gasteiger partial charge in [0, 0.05) is 32.7 Å². The highest BCUT2D eigenvalue weighted by Gasteiger charge is 2.48. The predicted molar refractivity (Wildman–Crippen MR) is 177 cm³/mol. The molecule has 1 aliphatic carbocycles. The van der Waals surface area contributed by atoms with Gasteiger partial charge in [-0.25, -0.2) is 17.5 Å². The average Bonchev–Trinajstić information content (AvgIpc) is 3.64. The highest BCUT2D eigenvalue weighted by molar-refractivity contribution is 7.88. The summed E-state index contributed by atoms with van der Waals surface area (Å²) in [7, 11) is -2.04. The first kappa shape index (κ1) is 39.2. The number of likely N-dealkylation sites (N-methyl/N-ethyl adjacent to an activating group) is 1. The first-order chi connectivity index (χ1) is 21.2. The fourth-order valence-corrected chi connectivity index (χ4v) is 6.11. The molecule has 5 atom stereocenters. The lowest BCUT2D eigenvalue weighted by atomic mass is 9.84. The van der Waals surface area contributed by atoms with Gasteiger partial charge in [0.25, 0.3) is 5.91 Å². The molecule has 1 saturated carbocycles. The summed E-state index contributed by atoms with van der Waals surface area (Å²) in [6, 6.07) is -4.11. The molecular weight excluding hydrogens is 612 g/mol. The quantitative estimate of drug-likeness (QED) is 0.143. The Hall–Kier alpha value is -3.00. The van der Waals surface area contributed by atoms with Gasteiger partial charge < -0.3 is 26.2 Å². The number of nitrogens with zero attached hydrogens (tertiary/aromatic N) is 2. The van der Waals surface area contributed by atoms with Gasteiger partial charge >= 0.3 is 6.03 Å². The number of carbonyl (C=O) groups is 5. The van der Waals surface area contributed by atoms with Crippen LogP contribution in [0, 0.1) is 29.1 Å². The van der Waals surface area contributed by atoms with Crippen LogP contribution in [0.2, 0.25) is 0 Å². The second kappa shape index (κ2) is 16.2. The molecule has 0 aromatic heterocycles. The van der Waals surface area contributed by atoms with E-state index in [1.165, 1.54) is 18.0 Å². The molecule has 0 bridgehead atoms. The summed E-state index contributed by atoms with van der Waals surface area (Å²) in [5.74, 6) is -2.50. The molecule has 2 fully saturated rings. The minimum absolute atomic E-state index is 0.0324. The highest BCUT2D eigenvalue weighted by Crippen LogP contribution is 2.35. The van der Waals surface area contributed by atoms with Crippen molar-refractivity contribution < 1.29 is 32.4 Å². The fourth-order valence-electron chi connectivity index (χ4n) is 5.67. The second-order valence-electron chi connectivity index (χ2n) is 14.6. The van der Waals surface area contributed by atoms with E-state index in [9.17, 15) is 32.4 Å². The summed E-state index contributed by atoms with van der Waals surface area (Å²) in [6.45, 7) is 17.1. The molecule has 1 aliphatic heterocycles. The Bertz CT molecular complexity index is 1240. The molecule has 5 amide bonds. The maximum absolute atomic E-state index is 14.2.